The van der Waals surface area contributed by atoms with Gasteiger partial charge in [-0.2, -0.15) is 18.3 Å². The molecule has 0 N–H and O–H groups in total. The number of alkyl halides is 3. The fraction of sp³-hybridized carbons (Fsp3) is 0.111. The lowest BCUT2D eigenvalue weighted by atomic mass is 10.0. The normalized spacial score (nSPS) is 11.8. The third-order valence-electron chi connectivity index (χ3n) is 3.95. The summed E-state index contributed by atoms with van der Waals surface area (Å²) in [5.74, 6) is 0. The Balaban J connectivity index is 1.75. The molecule has 0 atom stereocenters. The Bertz CT molecular complexity index is 1060. The first-order valence-electron chi connectivity index (χ1n) is 7.75. The SMILES string of the molecule is FC(F)(F)c1cccc(-c2cnc3cnn(Cc4cnccn4)c3c2)c1. The molecule has 1 aromatic carbocycles. The molecule has 0 saturated heterocycles. The van der Waals surface area contributed by atoms with E-state index in [-0.39, 0.29) is 0 Å². The number of benzene rings is 1. The average Bonchev–Trinajstić information content (AvgIpc) is 3.04. The van der Waals surface area contributed by atoms with Gasteiger partial charge in [0.2, 0.25) is 0 Å². The van der Waals surface area contributed by atoms with Crippen molar-refractivity contribution in [3.05, 3.63) is 72.6 Å². The molecular weight excluding hydrogens is 343 g/mol. The van der Waals surface area contributed by atoms with E-state index in [9.17, 15) is 13.2 Å². The quantitative estimate of drug-likeness (QED) is 0.558. The van der Waals surface area contributed by atoms with Crippen LogP contribution in [0, 0.1) is 0 Å². The van der Waals surface area contributed by atoms with Gasteiger partial charge in [0.15, 0.2) is 0 Å². The van der Waals surface area contributed by atoms with Crippen molar-refractivity contribution in [2.24, 2.45) is 0 Å². The monoisotopic (exact) mass is 355 g/mol. The summed E-state index contributed by atoms with van der Waals surface area (Å²) in [5, 5.41) is 4.29. The van der Waals surface area contributed by atoms with E-state index in [0.717, 1.165) is 17.8 Å². The molecule has 3 aromatic heterocycles. The van der Waals surface area contributed by atoms with E-state index in [1.54, 1.807) is 47.8 Å². The maximum atomic E-state index is 13.0. The predicted molar refractivity (Wildman–Crippen MR) is 89.1 cm³/mol. The first-order chi connectivity index (χ1) is 12.5. The zero-order valence-electron chi connectivity index (χ0n) is 13.4. The maximum absolute atomic E-state index is 13.0. The van der Waals surface area contributed by atoms with Crippen molar-refractivity contribution in [3.63, 3.8) is 0 Å². The van der Waals surface area contributed by atoms with E-state index in [2.05, 4.69) is 20.1 Å². The molecule has 0 aliphatic carbocycles. The van der Waals surface area contributed by atoms with Crippen LogP contribution in [0.2, 0.25) is 0 Å². The van der Waals surface area contributed by atoms with E-state index in [1.165, 1.54) is 6.07 Å². The topological polar surface area (TPSA) is 56.5 Å². The van der Waals surface area contributed by atoms with Crippen LogP contribution in [0.25, 0.3) is 22.2 Å². The third kappa shape index (κ3) is 3.13. The summed E-state index contributed by atoms with van der Waals surface area (Å²) in [6.45, 7) is 0.394. The number of halogens is 3. The summed E-state index contributed by atoms with van der Waals surface area (Å²) in [7, 11) is 0. The van der Waals surface area contributed by atoms with Crippen LogP contribution in [0.5, 0.6) is 0 Å². The van der Waals surface area contributed by atoms with Gasteiger partial charge >= 0.3 is 6.18 Å². The second-order valence-corrected chi connectivity index (χ2v) is 5.71. The van der Waals surface area contributed by atoms with Gasteiger partial charge in [-0.3, -0.25) is 19.6 Å². The van der Waals surface area contributed by atoms with Gasteiger partial charge in [-0.05, 0) is 23.8 Å². The smallest absolute Gasteiger partial charge is 0.261 e. The van der Waals surface area contributed by atoms with Crippen molar-refractivity contribution in [2.45, 2.75) is 12.7 Å². The molecule has 4 rings (SSSR count). The zero-order valence-corrected chi connectivity index (χ0v) is 13.4. The predicted octanol–water partition coefficient (Wildman–Crippen LogP) is 3.96. The second kappa shape index (κ2) is 6.21. The van der Waals surface area contributed by atoms with Crippen LogP contribution in [-0.4, -0.2) is 24.7 Å². The summed E-state index contributed by atoms with van der Waals surface area (Å²) in [4.78, 5) is 12.5. The molecule has 8 heteroatoms. The van der Waals surface area contributed by atoms with Gasteiger partial charge in [0.05, 0.1) is 35.7 Å². The fourth-order valence-electron chi connectivity index (χ4n) is 2.68. The Kier molecular flexibility index (Phi) is 3.87. The lowest BCUT2D eigenvalue weighted by molar-refractivity contribution is -0.137. The van der Waals surface area contributed by atoms with Crippen molar-refractivity contribution < 1.29 is 13.2 Å². The minimum absolute atomic E-state index is 0.394. The molecule has 26 heavy (non-hydrogen) atoms. The molecule has 0 fully saturated rings. The number of fused-ring (bicyclic) bond motifs is 1. The van der Waals surface area contributed by atoms with Crippen LogP contribution in [0.3, 0.4) is 0 Å². The number of pyridine rings is 1. The summed E-state index contributed by atoms with van der Waals surface area (Å²) < 4.78 is 40.6. The minimum atomic E-state index is -4.39. The molecule has 0 aliphatic rings. The summed E-state index contributed by atoms with van der Waals surface area (Å²) in [6, 6.07) is 6.96. The highest BCUT2D eigenvalue weighted by Gasteiger charge is 2.30. The fourth-order valence-corrected chi connectivity index (χ4v) is 2.68. The molecule has 130 valence electrons. The van der Waals surface area contributed by atoms with E-state index in [4.69, 9.17) is 0 Å². The Labute approximate surface area is 146 Å². The van der Waals surface area contributed by atoms with Gasteiger partial charge in [-0.25, -0.2) is 0 Å². The van der Waals surface area contributed by atoms with Crippen molar-refractivity contribution in [2.75, 3.05) is 0 Å². The van der Waals surface area contributed by atoms with E-state index >= 15 is 0 Å². The Morgan fingerprint density at radius 1 is 0.923 bits per heavy atom. The highest BCUT2D eigenvalue weighted by molar-refractivity contribution is 5.80. The molecule has 0 radical (unpaired) electrons. The first-order valence-corrected chi connectivity index (χ1v) is 7.75. The van der Waals surface area contributed by atoms with Crippen molar-refractivity contribution in [3.8, 4) is 11.1 Å². The Morgan fingerprint density at radius 3 is 2.58 bits per heavy atom. The van der Waals surface area contributed by atoms with E-state index in [1.807, 2.05) is 0 Å². The van der Waals surface area contributed by atoms with E-state index in [0.29, 0.717) is 28.7 Å². The van der Waals surface area contributed by atoms with Gasteiger partial charge in [0, 0.05) is 24.2 Å². The minimum Gasteiger partial charge on any atom is -0.261 e. The number of rotatable bonds is 3. The number of nitrogens with zero attached hydrogens (tertiary/aromatic N) is 5. The van der Waals surface area contributed by atoms with Gasteiger partial charge in [-0.15, -0.1) is 0 Å². The third-order valence-corrected chi connectivity index (χ3v) is 3.95. The largest absolute Gasteiger partial charge is 0.416 e. The van der Waals surface area contributed by atoms with Crippen LogP contribution in [0.4, 0.5) is 13.2 Å². The molecule has 0 aliphatic heterocycles. The van der Waals surface area contributed by atoms with E-state index < -0.39 is 11.7 Å². The molecule has 0 bridgehead atoms. The average molecular weight is 355 g/mol. The zero-order chi connectivity index (χ0) is 18.1. The molecule has 0 unspecified atom stereocenters. The van der Waals surface area contributed by atoms with Crippen LogP contribution >= 0.6 is 0 Å². The molecule has 3 heterocycles. The van der Waals surface area contributed by atoms with Crippen molar-refractivity contribution in [1.29, 1.82) is 0 Å². The molecular formula is C18H12F3N5. The van der Waals surface area contributed by atoms with Crippen molar-refractivity contribution >= 4 is 11.0 Å². The Morgan fingerprint density at radius 2 is 1.81 bits per heavy atom. The summed E-state index contributed by atoms with van der Waals surface area (Å²) in [6.07, 6.45) is 3.58. The molecule has 0 amide bonds. The lowest BCUT2D eigenvalue weighted by Crippen LogP contribution is -2.05. The summed E-state index contributed by atoms with van der Waals surface area (Å²) in [5.41, 5.74) is 2.44. The molecule has 0 spiro atoms. The molecule has 0 saturated carbocycles. The maximum Gasteiger partial charge on any atom is 0.416 e. The lowest BCUT2D eigenvalue weighted by Gasteiger charge is -2.09. The molecule has 5 nitrogen and oxygen atoms in total. The van der Waals surface area contributed by atoms with Gasteiger partial charge in [0.1, 0.15) is 5.52 Å². The highest BCUT2D eigenvalue weighted by atomic mass is 19.4. The van der Waals surface area contributed by atoms with Crippen LogP contribution in [-0.2, 0) is 12.7 Å². The number of aromatic nitrogens is 5. The van der Waals surface area contributed by atoms with Gasteiger partial charge < -0.3 is 0 Å². The summed E-state index contributed by atoms with van der Waals surface area (Å²) >= 11 is 0. The number of hydrogen-bond donors (Lipinski definition) is 0. The van der Waals surface area contributed by atoms with Crippen LogP contribution in [0.1, 0.15) is 11.3 Å². The first kappa shape index (κ1) is 16.2. The second-order valence-electron chi connectivity index (χ2n) is 5.71. The molecule has 4 aromatic rings. The van der Waals surface area contributed by atoms with Crippen molar-refractivity contribution in [1.82, 2.24) is 24.7 Å². The standard InChI is InChI=1S/C18H12F3N5/c19-18(20,21)14-3-1-2-12(6-14)13-7-17-16(24-8-13)10-25-26(17)11-15-9-22-4-5-23-15/h1-10H,11H2. The van der Waals surface area contributed by atoms with Gasteiger partial charge in [-0.1, -0.05) is 12.1 Å². The number of hydrogen-bond acceptors (Lipinski definition) is 4. The van der Waals surface area contributed by atoms with Gasteiger partial charge in [0.25, 0.3) is 0 Å². The Hall–Kier alpha value is -3.29. The van der Waals surface area contributed by atoms with Crippen LogP contribution < -0.4 is 0 Å². The highest BCUT2D eigenvalue weighted by Crippen LogP contribution is 2.32. The van der Waals surface area contributed by atoms with Crippen LogP contribution in [0.15, 0.2) is 61.3 Å².